The Morgan fingerprint density at radius 1 is 0.395 bits per heavy atom. The van der Waals surface area contributed by atoms with Crippen molar-refractivity contribution < 1.29 is 24.6 Å². The molecule has 0 aromatic carbocycles. The Kier molecular flexibility index (Phi) is 55.9. The molecule has 38 heavy (non-hydrogen) atoms. The van der Waals surface area contributed by atoms with Gasteiger partial charge in [-0.25, -0.2) is 24.6 Å². The molecular formula is C21H46Cl4I4O8P+. The van der Waals surface area contributed by atoms with E-state index in [-0.39, 0.29) is 0 Å². The molecule has 238 valence electrons. The minimum Gasteiger partial charge on any atom is -0.217 e. The highest BCUT2D eigenvalue weighted by Crippen LogP contribution is 2.47. The van der Waals surface area contributed by atoms with Crippen molar-refractivity contribution in [2.24, 2.45) is 0 Å². The first-order valence-corrected chi connectivity index (χ1v) is 33.5. The smallest absolute Gasteiger partial charge is 0.217 e. The van der Waals surface area contributed by atoms with Crippen LogP contribution >= 0.6 is 118 Å². The number of hydrogen-bond acceptors (Lipinski definition) is 8. The van der Waals surface area contributed by atoms with Gasteiger partial charge in [0.15, 0.2) is 0 Å². The predicted octanol–water partition coefficient (Wildman–Crippen LogP) is 13.5. The van der Waals surface area contributed by atoms with Gasteiger partial charge < -0.3 is 0 Å². The molecule has 0 aliphatic rings. The lowest BCUT2D eigenvalue weighted by molar-refractivity contribution is 0.531. The molecule has 0 aromatic rings. The maximum Gasteiger partial charge on any atom is 0.409 e. The van der Waals surface area contributed by atoms with Crippen molar-refractivity contribution in [2.75, 3.05) is 26.2 Å². The highest BCUT2D eigenvalue weighted by atomic mass is 127. The molecule has 0 bridgehead atoms. The van der Waals surface area contributed by atoms with Crippen LogP contribution < -0.4 is 0 Å². The van der Waals surface area contributed by atoms with Crippen LogP contribution in [-0.2, 0) is 24.6 Å². The SMILES string of the molecule is CCCCCCCCCCCCCCCCCC[P+](C)(C)C.O=I(=O)Cl.O=I(=O)Cl.O=I(=O)Cl.O=I(=O)Cl. The summed E-state index contributed by atoms with van der Waals surface area (Å²) in [4.78, 5) is 0. The first kappa shape index (κ1) is 50.5. The minimum absolute atomic E-state index is 0.504. The normalized spacial score (nSPS) is 10.5. The first-order valence-electron chi connectivity index (χ1n) is 12.2. The Morgan fingerprint density at radius 2 is 0.553 bits per heavy atom. The second kappa shape index (κ2) is 42.0. The van der Waals surface area contributed by atoms with Crippen LogP contribution in [-0.4, -0.2) is 26.2 Å². The van der Waals surface area contributed by atoms with Crippen molar-refractivity contribution >= 4 is 118 Å². The van der Waals surface area contributed by atoms with E-state index in [4.69, 9.17) is 24.6 Å². The molecule has 0 aliphatic carbocycles. The number of halogens is 8. The molecule has 0 aliphatic heterocycles. The summed E-state index contributed by atoms with van der Waals surface area (Å²) < 4.78 is 71.2. The highest BCUT2D eigenvalue weighted by molar-refractivity contribution is 14.2. The summed E-state index contributed by atoms with van der Waals surface area (Å²) in [5.74, 6) is 0. The Labute approximate surface area is 274 Å². The third kappa shape index (κ3) is 116. The molecule has 0 atom stereocenters. The molecular weight excluding hydrogens is 1060 g/mol. The average Bonchev–Trinajstić information content (AvgIpc) is 2.71. The van der Waals surface area contributed by atoms with E-state index < -0.39 is 81.9 Å². The minimum atomic E-state index is -3.29. The summed E-state index contributed by atoms with van der Waals surface area (Å²) >= 11 is -13.2. The van der Waals surface area contributed by atoms with E-state index in [1.165, 1.54) is 109 Å². The molecule has 0 amide bonds. The van der Waals surface area contributed by atoms with Crippen LogP contribution in [0.25, 0.3) is 0 Å². The molecule has 0 fully saturated rings. The highest BCUT2D eigenvalue weighted by Gasteiger charge is 2.15. The van der Waals surface area contributed by atoms with Crippen molar-refractivity contribution in [1.82, 2.24) is 0 Å². The van der Waals surface area contributed by atoms with Crippen molar-refractivity contribution in [3.8, 4) is 0 Å². The van der Waals surface area contributed by atoms with Crippen LogP contribution in [0, 0.1) is 0 Å². The third-order valence-electron chi connectivity index (χ3n) is 4.68. The zero-order valence-electron chi connectivity index (χ0n) is 22.8. The molecule has 0 aromatic heterocycles. The molecule has 8 nitrogen and oxygen atoms in total. The fourth-order valence-corrected chi connectivity index (χ4v) is 4.31. The summed E-state index contributed by atoms with van der Waals surface area (Å²) in [7, 11) is 16.8. The Bertz CT molecular complexity index is 659. The van der Waals surface area contributed by atoms with E-state index in [9.17, 15) is 0 Å². The summed E-state index contributed by atoms with van der Waals surface area (Å²) in [6.07, 6.45) is 25.1. The predicted molar refractivity (Wildman–Crippen MR) is 194 cm³/mol. The molecule has 0 saturated carbocycles. The van der Waals surface area contributed by atoms with Gasteiger partial charge in [0.05, 0.1) is 6.16 Å². The second-order valence-corrected chi connectivity index (χ2v) is 24.4. The lowest BCUT2D eigenvalue weighted by Gasteiger charge is -2.10. The van der Waals surface area contributed by atoms with Gasteiger partial charge in [-0.05, 0) is 12.8 Å². The average molecular weight is 1110 g/mol. The number of hydrogen-bond donors (Lipinski definition) is 0. The van der Waals surface area contributed by atoms with E-state index in [0.29, 0.717) is 0 Å². The van der Waals surface area contributed by atoms with Gasteiger partial charge >= 0.3 is 74.7 Å². The van der Waals surface area contributed by atoms with Gasteiger partial charge in [-0.2, -0.15) is 0 Å². The molecule has 0 spiro atoms. The van der Waals surface area contributed by atoms with Crippen LogP contribution in [0.1, 0.15) is 110 Å². The van der Waals surface area contributed by atoms with Crippen LogP contribution in [0.4, 0.5) is 0 Å². The second-order valence-electron chi connectivity index (χ2n) is 9.04. The molecule has 0 rings (SSSR count). The lowest BCUT2D eigenvalue weighted by Crippen LogP contribution is -1.92. The fraction of sp³-hybridized carbons (Fsp3) is 1.00. The zero-order chi connectivity index (χ0) is 30.8. The van der Waals surface area contributed by atoms with Crippen LogP contribution in [0.5, 0.6) is 0 Å². The number of rotatable bonds is 17. The monoisotopic (exact) mass is 1100 g/mol. The molecule has 17 heteroatoms. The first-order chi connectivity index (χ1) is 17.5. The van der Waals surface area contributed by atoms with Gasteiger partial charge in [0, 0.05) is 62.9 Å². The summed E-state index contributed by atoms with van der Waals surface area (Å²) in [5.41, 5.74) is 0. The lowest BCUT2D eigenvalue weighted by atomic mass is 10.0. The maximum absolute atomic E-state index is 8.89. The third-order valence-corrected chi connectivity index (χ3v) is 6.34. The molecule has 0 heterocycles. The van der Waals surface area contributed by atoms with Crippen molar-refractivity contribution in [2.45, 2.75) is 110 Å². The van der Waals surface area contributed by atoms with E-state index in [1.54, 1.807) is 0 Å². The number of unbranched alkanes of at least 4 members (excludes halogenated alkanes) is 15. The van der Waals surface area contributed by atoms with E-state index in [1.807, 2.05) is 0 Å². The van der Waals surface area contributed by atoms with Gasteiger partial charge in [-0.15, -0.1) is 0 Å². The van der Waals surface area contributed by atoms with Gasteiger partial charge in [-0.1, -0.05) is 96.8 Å². The van der Waals surface area contributed by atoms with E-state index >= 15 is 0 Å². The van der Waals surface area contributed by atoms with Crippen molar-refractivity contribution in [1.29, 1.82) is 0 Å². The van der Waals surface area contributed by atoms with Crippen molar-refractivity contribution in [3.63, 3.8) is 0 Å². The topological polar surface area (TPSA) is 137 Å². The molecule has 0 saturated heterocycles. The fourth-order valence-electron chi connectivity index (χ4n) is 3.13. The largest absolute Gasteiger partial charge is 0.409 e. The standard InChI is InChI=1S/C21H46P.4ClIO2/c1-5-6-7-8-9-10-11-12-13-14-15-16-17-18-19-20-21-22(2,3)4;4*1-2(3)4/h5-21H2,1-4H3;;;;/q+1;;;;. The summed E-state index contributed by atoms with van der Waals surface area (Å²) in [6.45, 7) is 9.71. The van der Waals surface area contributed by atoms with Gasteiger partial charge in [-0.3, -0.25) is 0 Å². The van der Waals surface area contributed by atoms with E-state index in [2.05, 4.69) is 62.6 Å². The van der Waals surface area contributed by atoms with E-state index in [0.717, 1.165) is 0 Å². The maximum atomic E-state index is 8.89. The molecule has 0 radical (unpaired) electrons. The molecule has 0 unspecified atom stereocenters. The van der Waals surface area contributed by atoms with Crippen LogP contribution in [0.2, 0.25) is 0 Å². The quantitative estimate of drug-likeness (QED) is 0.0798. The summed E-state index contributed by atoms with van der Waals surface area (Å²) in [6, 6.07) is 0. The van der Waals surface area contributed by atoms with Gasteiger partial charge in [0.25, 0.3) is 0 Å². The Balaban J connectivity index is -0.000000183. The summed E-state index contributed by atoms with van der Waals surface area (Å²) in [5, 5.41) is 0. The Morgan fingerprint density at radius 3 is 0.711 bits per heavy atom. The van der Waals surface area contributed by atoms with Crippen LogP contribution in [0.15, 0.2) is 0 Å². The van der Waals surface area contributed by atoms with Crippen molar-refractivity contribution in [3.05, 3.63) is 0 Å². The Hall–Kier alpha value is 2.91. The van der Waals surface area contributed by atoms with Crippen LogP contribution in [0.3, 0.4) is 0 Å². The molecule has 0 N–H and O–H groups in total. The van der Waals surface area contributed by atoms with Gasteiger partial charge in [0.2, 0.25) is 0 Å². The zero-order valence-corrected chi connectivity index (χ0v) is 35.3. The van der Waals surface area contributed by atoms with Gasteiger partial charge in [0.1, 0.15) is 0 Å².